The molecule has 52 heavy (non-hydrogen) atoms. The van der Waals surface area contributed by atoms with E-state index in [9.17, 15) is 0 Å². The van der Waals surface area contributed by atoms with Gasteiger partial charge >= 0.3 is 0 Å². The molecule has 8 aromatic carbocycles. The molecule has 3 heterocycles. The van der Waals surface area contributed by atoms with E-state index in [1.165, 1.54) is 16.2 Å². The highest BCUT2D eigenvalue weighted by Gasteiger charge is 2.20. The zero-order valence-electron chi connectivity index (χ0n) is 27.7. The maximum atomic E-state index is 6.54. The number of hydrogen-bond acceptors (Lipinski definition) is 5. The average Bonchev–Trinajstić information content (AvgIpc) is 3.78. The van der Waals surface area contributed by atoms with Crippen LogP contribution < -0.4 is 0 Å². The first-order chi connectivity index (χ1) is 25.7. The third-order valence-corrected chi connectivity index (χ3v) is 10.1. The first kappa shape index (κ1) is 28.7. The van der Waals surface area contributed by atoms with E-state index in [2.05, 4.69) is 91.0 Å². The Morgan fingerprint density at radius 3 is 1.79 bits per heavy atom. The molecule has 0 amide bonds. The fraction of sp³-hybridized carbons (Fsp3) is 0. The topological polar surface area (TPSA) is 65.0 Å². The summed E-state index contributed by atoms with van der Waals surface area (Å²) in [6.07, 6.45) is 0. The van der Waals surface area contributed by atoms with E-state index in [1.807, 2.05) is 72.8 Å². The fourth-order valence-electron chi connectivity index (χ4n) is 7.60. The molecule has 0 atom stereocenters. The number of fused-ring (bicyclic) bond motifs is 9. The first-order valence-electron chi connectivity index (χ1n) is 17.3. The van der Waals surface area contributed by atoms with Crippen molar-refractivity contribution in [1.29, 1.82) is 0 Å². The number of benzene rings is 8. The lowest BCUT2D eigenvalue weighted by atomic mass is 9.97. The van der Waals surface area contributed by atoms with Gasteiger partial charge in [-0.05, 0) is 75.1 Å². The van der Waals surface area contributed by atoms with E-state index in [4.69, 9.17) is 23.8 Å². The van der Waals surface area contributed by atoms with Gasteiger partial charge in [0.1, 0.15) is 22.3 Å². The summed E-state index contributed by atoms with van der Waals surface area (Å²) in [5.74, 6) is 1.80. The second-order valence-electron chi connectivity index (χ2n) is 13.2. The van der Waals surface area contributed by atoms with Crippen molar-refractivity contribution in [1.82, 2.24) is 15.0 Å². The number of hydrogen-bond donors (Lipinski definition) is 0. The molecule has 0 fully saturated rings. The number of furan rings is 2. The van der Waals surface area contributed by atoms with Crippen LogP contribution in [0.25, 0.3) is 111 Å². The SMILES string of the molecule is c1ccc(-c2nc(-c3ccc4c(ccc5ccccc54)c3)nc(-c3cc(-c4ccc5oc6ccccc6c5c4)cc4oc5ccccc5c34)n2)cc1. The number of para-hydroxylation sites is 2. The summed E-state index contributed by atoms with van der Waals surface area (Å²) in [7, 11) is 0. The summed E-state index contributed by atoms with van der Waals surface area (Å²) in [5, 5.41) is 8.90. The zero-order valence-corrected chi connectivity index (χ0v) is 27.7. The van der Waals surface area contributed by atoms with Crippen molar-refractivity contribution in [3.63, 3.8) is 0 Å². The molecular weight excluding hydrogens is 639 g/mol. The molecule has 0 aliphatic rings. The highest BCUT2D eigenvalue weighted by molar-refractivity contribution is 6.14. The van der Waals surface area contributed by atoms with E-state index in [0.29, 0.717) is 17.5 Å². The molecule has 0 radical (unpaired) electrons. The van der Waals surface area contributed by atoms with Crippen LogP contribution in [0.15, 0.2) is 173 Å². The largest absolute Gasteiger partial charge is 0.456 e. The van der Waals surface area contributed by atoms with Crippen molar-refractivity contribution < 1.29 is 8.83 Å². The van der Waals surface area contributed by atoms with Crippen LogP contribution in [0.2, 0.25) is 0 Å². The van der Waals surface area contributed by atoms with Crippen molar-refractivity contribution in [3.05, 3.63) is 164 Å². The van der Waals surface area contributed by atoms with Gasteiger partial charge < -0.3 is 8.83 Å². The fourth-order valence-corrected chi connectivity index (χ4v) is 7.60. The molecule has 0 bridgehead atoms. The maximum absolute atomic E-state index is 6.54. The quantitative estimate of drug-likeness (QED) is 0.175. The van der Waals surface area contributed by atoms with Gasteiger partial charge in [0.25, 0.3) is 0 Å². The molecule has 0 unspecified atom stereocenters. The van der Waals surface area contributed by atoms with Crippen LogP contribution in [0.3, 0.4) is 0 Å². The van der Waals surface area contributed by atoms with Crippen molar-refractivity contribution in [2.75, 3.05) is 0 Å². The lowest BCUT2D eigenvalue weighted by Crippen LogP contribution is -2.00. The van der Waals surface area contributed by atoms with Gasteiger partial charge in [0.15, 0.2) is 17.5 Å². The summed E-state index contributed by atoms with van der Waals surface area (Å²) in [4.78, 5) is 15.5. The van der Waals surface area contributed by atoms with Crippen LogP contribution in [0.1, 0.15) is 0 Å². The zero-order chi connectivity index (χ0) is 34.2. The van der Waals surface area contributed by atoms with Gasteiger partial charge in [-0.2, -0.15) is 0 Å². The molecule has 0 saturated heterocycles. The van der Waals surface area contributed by atoms with Gasteiger partial charge in [-0.3, -0.25) is 0 Å². The third-order valence-electron chi connectivity index (χ3n) is 10.1. The van der Waals surface area contributed by atoms with Crippen LogP contribution in [0, 0.1) is 0 Å². The van der Waals surface area contributed by atoms with Gasteiger partial charge in [-0.25, -0.2) is 15.0 Å². The van der Waals surface area contributed by atoms with Crippen molar-refractivity contribution >= 4 is 65.4 Å². The van der Waals surface area contributed by atoms with Crippen LogP contribution >= 0.6 is 0 Å². The Morgan fingerprint density at radius 2 is 0.923 bits per heavy atom. The molecule has 0 N–H and O–H groups in total. The monoisotopic (exact) mass is 665 g/mol. The van der Waals surface area contributed by atoms with Gasteiger partial charge in [-0.1, -0.05) is 121 Å². The Kier molecular flexibility index (Phi) is 6.18. The van der Waals surface area contributed by atoms with Gasteiger partial charge in [0.2, 0.25) is 0 Å². The van der Waals surface area contributed by atoms with Gasteiger partial charge in [0, 0.05) is 38.2 Å². The summed E-state index contributed by atoms with van der Waals surface area (Å²) < 4.78 is 12.7. The Balaban J connectivity index is 1.17. The third kappa shape index (κ3) is 4.53. The molecular formula is C47H27N3O2. The van der Waals surface area contributed by atoms with Crippen molar-refractivity contribution in [3.8, 4) is 45.3 Å². The van der Waals surface area contributed by atoms with Crippen LogP contribution in [-0.4, -0.2) is 15.0 Å². The minimum Gasteiger partial charge on any atom is -0.456 e. The standard InChI is InChI=1S/C47H27N3O2/c1-2-11-29(12-3-1)45-48-46(32-20-22-35-31(24-32)19-18-28-10-4-5-13-34(28)35)50-47(49-45)39-26-33(27-43-44(39)37-15-7-9-17-41(37)52-43)30-21-23-42-38(25-30)36-14-6-8-16-40(36)51-42/h1-27H. The normalized spacial score (nSPS) is 11.8. The molecule has 0 saturated carbocycles. The minimum atomic E-state index is 0.579. The summed E-state index contributed by atoms with van der Waals surface area (Å²) in [6, 6.07) is 56.4. The summed E-state index contributed by atoms with van der Waals surface area (Å²) >= 11 is 0. The molecule has 11 aromatic rings. The predicted molar refractivity (Wildman–Crippen MR) is 211 cm³/mol. The molecule has 0 aliphatic heterocycles. The van der Waals surface area contributed by atoms with E-state index in [1.54, 1.807) is 0 Å². The van der Waals surface area contributed by atoms with Crippen LogP contribution in [0.4, 0.5) is 0 Å². The van der Waals surface area contributed by atoms with Gasteiger partial charge in [0.05, 0.1) is 0 Å². The number of nitrogens with zero attached hydrogens (tertiary/aromatic N) is 3. The average molecular weight is 666 g/mol. The Labute approximate surface area is 297 Å². The minimum absolute atomic E-state index is 0.579. The molecule has 5 nitrogen and oxygen atoms in total. The second-order valence-corrected chi connectivity index (χ2v) is 13.2. The van der Waals surface area contributed by atoms with Crippen molar-refractivity contribution in [2.24, 2.45) is 0 Å². The summed E-state index contributed by atoms with van der Waals surface area (Å²) in [5.41, 5.74) is 8.06. The van der Waals surface area contributed by atoms with E-state index in [0.717, 1.165) is 77.1 Å². The second kappa shape index (κ2) is 11.2. The molecule has 5 heteroatoms. The predicted octanol–water partition coefficient (Wildman–Crippen LogP) is 12.6. The first-order valence-corrected chi connectivity index (χ1v) is 17.3. The highest BCUT2D eigenvalue weighted by Crippen LogP contribution is 2.41. The molecule has 0 aliphatic carbocycles. The number of rotatable bonds is 4. The molecule has 11 rings (SSSR count). The van der Waals surface area contributed by atoms with E-state index < -0.39 is 0 Å². The van der Waals surface area contributed by atoms with Crippen molar-refractivity contribution in [2.45, 2.75) is 0 Å². The number of aromatic nitrogens is 3. The molecule has 242 valence electrons. The molecule has 3 aromatic heterocycles. The summed E-state index contributed by atoms with van der Waals surface area (Å²) in [6.45, 7) is 0. The lowest BCUT2D eigenvalue weighted by Gasteiger charge is -2.12. The maximum Gasteiger partial charge on any atom is 0.164 e. The highest BCUT2D eigenvalue weighted by atomic mass is 16.3. The van der Waals surface area contributed by atoms with E-state index in [-0.39, 0.29) is 0 Å². The van der Waals surface area contributed by atoms with Crippen LogP contribution in [0.5, 0.6) is 0 Å². The Bertz CT molecular complexity index is 3190. The lowest BCUT2D eigenvalue weighted by molar-refractivity contribution is 0.669. The smallest absolute Gasteiger partial charge is 0.164 e. The van der Waals surface area contributed by atoms with Gasteiger partial charge in [-0.15, -0.1) is 0 Å². The molecule has 0 spiro atoms. The van der Waals surface area contributed by atoms with E-state index >= 15 is 0 Å². The van der Waals surface area contributed by atoms with Crippen LogP contribution in [-0.2, 0) is 0 Å². The Morgan fingerprint density at radius 1 is 0.308 bits per heavy atom. The Hall–Kier alpha value is -7.11.